The zero-order chi connectivity index (χ0) is 21.5. The molecule has 7 nitrogen and oxygen atoms in total. The Morgan fingerprint density at radius 1 is 1.04 bits per heavy atom. The Kier molecular flexibility index (Phi) is 9.93. The second kappa shape index (κ2) is 10.4. The monoisotopic (exact) mass is 387 g/mol. The molecule has 0 aliphatic heterocycles. The molecular weight excluding hydrogens is 346 g/mol. The first-order chi connectivity index (χ1) is 12.1. The van der Waals surface area contributed by atoms with Gasteiger partial charge < -0.3 is 26.6 Å². The van der Waals surface area contributed by atoms with E-state index in [0.717, 1.165) is 6.42 Å². The first kappa shape index (κ1) is 25.8. The lowest BCUT2D eigenvalue weighted by Gasteiger charge is -2.35. The van der Waals surface area contributed by atoms with Crippen LogP contribution in [-0.4, -0.2) is 52.9 Å². The van der Waals surface area contributed by atoms with Crippen molar-refractivity contribution >= 4 is 11.8 Å². The molecule has 0 rings (SSSR count). The molecule has 0 aromatic carbocycles. The van der Waals surface area contributed by atoms with Crippen LogP contribution in [0.3, 0.4) is 0 Å². The second-order valence-corrected chi connectivity index (χ2v) is 9.76. The molecule has 0 aromatic rings. The maximum Gasteiger partial charge on any atom is 0.251 e. The third kappa shape index (κ3) is 10.7. The summed E-state index contributed by atoms with van der Waals surface area (Å²) < 4.78 is 0. The Labute approximate surface area is 164 Å². The van der Waals surface area contributed by atoms with Crippen molar-refractivity contribution in [3.05, 3.63) is 0 Å². The number of carbonyl (C=O) groups excluding carboxylic acids is 2. The topological polar surface area (TPSA) is 125 Å². The van der Waals surface area contributed by atoms with Crippen LogP contribution in [0.15, 0.2) is 0 Å². The van der Waals surface area contributed by atoms with Crippen molar-refractivity contribution in [3.63, 3.8) is 0 Å². The highest BCUT2D eigenvalue weighted by Crippen LogP contribution is 2.26. The number of aliphatic hydroxyl groups is 2. The van der Waals surface area contributed by atoms with Gasteiger partial charge in [0.2, 0.25) is 5.91 Å². The molecule has 0 bridgehead atoms. The lowest BCUT2D eigenvalue weighted by molar-refractivity contribution is -0.137. The number of nitrogens with two attached hydrogens (primary N) is 1. The van der Waals surface area contributed by atoms with Gasteiger partial charge in [0.25, 0.3) is 5.91 Å². The average Bonchev–Trinajstić information content (AvgIpc) is 2.55. The van der Waals surface area contributed by atoms with E-state index in [9.17, 15) is 19.8 Å². The van der Waals surface area contributed by atoms with Gasteiger partial charge in [-0.25, -0.2) is 0 Å². The van der Waals surface area contributed by atoms with E-state index >= 15 is 0 Å². The van der Waals surface area contributed by atoms with Crippen molar-refractivity contribution in [1.29, 1.82) is 0 Å². The Morgan fingerprint density at radius 2 is 1.59 bits per heavy atom. The molecule has 2 atom stereocenters. The average molecular weight is 388 g/mol. The first-order valence-corrected chi connectivity index (χ1v) is 9.80. The standard InChI is InChI=1S/C20H41N3O4/c1-8-18(2,3)13-22-17(27)16(26)14(24)9-10-15(25)23-20(6,7)11-19(4,5)12-21/h14,16,24,26H,8-13,21H2,1-7H3,(H,22,27)(H,23,25). The van der Waals surface area contributed by atoms with Crippen LogP contribution in [0.2, 0.25) is 0 Å². The van der Waals surface area contributed by atoms with Crippen LogP contribution >= 0.6 is 0 Å². The minimum atomic E-state index is -1.55. The largest absolute Gasteiger partial charge is 0.390 e. The van der Waals surface area contributed by atoms with Gasteiger partial charge in [-0.05, 0) is 50.5 Å². The Hall–Kier alpha value is -1.18. The molecule has 0 aliphatic rings. The summed E-state index contributed by atoms with van der Waals surface area (Å²) in [4.78, 5) is 24.2. The molecule has 7 heteroatoms. The van der Waals surface area contributed by atoms with Crippen LogP contribution in [0.5, 0.6) is 0 Å². The van der Waals surface area contributed by atoms with Gasteiger partial charge in [0.1, 0.15) is 0 Å². The smallest absolute Gasteiger partial charge is 0.251 e. The lowest BCUT2D eigenvalue weighted by atomic mass is 9.80. The number of aliphatic hydroxyl groups excluding tert-OH is 2. The fraction of sp³-hybridized carbons (Fsp3) is 0.900. The molecule has 2 unspecified atom stereocenters. The molecule has 0 aromatic heterocycles. The normalized spacial score (nSPS) is 15.2. The van der Waals surface area contributed by atoms with Gasteiger partial charge in [0.05, 0.1) is 6.10 Å². The summed E-state index contributed by atoms with van der Waals surface area (Å²) in [5, 5.41) is 25.6. The van der Waals surface area contributed by atoms with Crippen molar-refractivity contribution in [2.45, 2.75) is 91.9 Å². The SMILES string of the molecule is CCC(C)(C)CNC(=O)C(O)C(O)CCC(=O)NC(C)(C)CC(C)(C)CN. The van der Waals surface area contributed by atoms with Crippen LogP contribution in [0.1, 0.15) is 74.1 Å². The third-order valence-corrected chi connectivity index (χ3v) is 4.95. The summed E-state index contributed by atoms with van der Waals surface area (Å²) >= 11 is 0. The molecule has 0 aliphatic carbocycles. The quantitative estimate of drug-likeness (QED) is 0.345. The van der Waals surface area contributed by atoms with Crippen LogP contribution in [0, 0.1) is 10.8 Å². The maximum atomic E-state index is 12.2. The summed E-state index contributed by atoms with van der Waals surface area (Å²) in [7, 11) is 0. The zero-order valence-electron chi connectivity index (χ0n) is 18.2. The molecule has 0 saturated carbocycles. The number of rotatable bonds is 12. The first-order valence-electron chi connectivity index (χ1n) is 9.80. The van der Waals surface area contributed by atoms with Crippen molar-refractivity contribution in [3.8, 4) is 0 Å². The fourth-order valence-corrected chi connectivity index (χ4v) is 2.92. The number of hydrogen-bond acceptors (Lipinski definition) is 5. The Balaban J connectivity index is 4.45. The van der Waals surface area contributed by atoms with Crippen LogP contribution in [0.25, 0.3) is 0 Å². The molecule has 0 heterocycles. The van der Waals surface area contributed by atoms with Crippen LogP contribution < -0.4 is 16.4 Å². The number of nitrogens with one attached hydrogen (secondary N) is 2. The summed E-state index contributed by atoms with van der Waals surface area (Å²) in [5.41, 5.74) is 5.13. The highest BCUT2D eigenvalue weighted by molar-refractivity contribution is 5.81. The maximum absolute atomic E-state index is 12.2. The fourth-order valence-electron chi connectivity index (χ4n) is 2.92. The van der Waals surface area contributed by atoms with Crippen molar-refractivity contribution in [2.75, 3.05) is 13.1 Å². The highest BCUT2D eigenvalue weighted by Gasteiger charge is 2.30. The molecule has 160 valence electrons. The number of hydrogen-bond donors (Lipinski definition) is 5. The zero-order valence-corrected chi connectivity index (χ0v) is 18.2. The van der Waals surface area contributed by atoms with E-state index in [1.807, 2.05) is 48.5 Å². The van der Waals surface area contributed by atoms with Gasteiger partial charge >= 0.3 is 0 Å². The minimum Gasteiger partial charge on any atom is -0.390 e. The second-order valence-electron chi connectivity index (χ2n) is 9.76. The summed E-state index contributed by atoms with van der Waals surface area (Å²) in [5.74, 6) is -0.846. The molecule has 6 N–H and O–H groups in total. The van der Waals surface area contributed by atoms with E-state index in [1.54, 1.807) is 0 Å². The number of carbonyl (C=O) groups is 2. The molecule has 0 fully saturated rings. The van der Waals surface area contributed by atoms with Crippen molar-refractivity contribution in [1.82, 2.24) is 10.6 Å². The van der Waals surface area contributed by atoms with E-state index in [0.29, 0.717) is 19.5 Å². The molecule has 27 heavy (non-hydrogen) atoms. The van der Waals surface area contributed by atoms with Gasteiger partial charge in [0, 0.05) is 18.5 Å². The molecule has 0 radical (unpaired) electrons. The van der Waals surface area contributed by atoms with E-state index in [4.69, 9.17) is 5.73 Å². The van der Waals surface area contributed by atoms with Crippen LogP contribution in [-0.2, 0) is 9.59 Å². The van der Waals surface area contributed by atoms with Gasteiger partial charge in [-0.1, -0.05) is 34.6 Å². The lowest BCUT2D eigenvalue weighted by Crippen LogP contribution is -2.48. The summed E-state index contributed by atoms with van der Waals surface area (Å²) in [6.45, 7) is 14.9. The molecule has 2 amide bonds. The van der Waals surface area contributed by atoms with E-state index < -0.39 is 23.7 Å². The minimum absolute atomic E-state index is 0.00789. The van der Waals surface area contributed by atoms with Crippen LogP contribution in [0.4, 0.5) is 0 Å². The van der Waals surface area contributed by atoms with Gasteiger partial charge in [-0.2, -0.15) is 0 Å². The molecule has 0 spiro atoms. The summed E-state index contributed by atoms with van der Waals surface area (Å²) in [6, 6.07) is 0. The molecular formula is C20H41N3O4. The van der Waals surface area contributed by atoms with Crippen molar-refractivity contribution in [2.24, 2.45) is 16.6 Å². The van der Waals surface area contributed by atoms with E-state index in [1.165, 1.54) is 0 Å². The van der Waals surface area contributed by atoms with Gasteiger partial charge in [-0.15, -0.1) is 0 Å². The van der Waals surface area contributed by atoms with Crippen molar-refractivity contribution < 1.29 is 19.8 Å². The summed E-state index contributed by atoms with van der Waals surface area (Å²) in [6.07, 6.45) is -1.21. The number of amides is 2. The predicted octanol–water partition coefficient (Wildman–Crippen LogP) is 1.31. The van der Waals surface area contributed by atoms with E-state index in [2.05, 4.69) is 10.6 Å². The molecule has 0 saturated heterocycles. The Morgan fingerprint density at radius 3 is 2.07 bits per heavy atom. The van der Waals surface area contributed by atoms with Gasteiger partial charge in [0.15, 0.2) is 6.10 Å². The van der Waals surface area contributed by atoms with E-state index in [-0.39, 0.29) is 29.6 Å². The predicted molar refractivity (Wildman–Crippen MR) is 108 cm³/mol. The Bertz CT molecular complexity index is 490. The third-order valence-electron chi connectivity index (χ3n) is 4.95. The van der Waals surface area contributed by atoms with Gasteiger partial charge in [-0.3, -0.25) is 9.59 Å². The highest BCUT2D eigenvalue weighted by atomic mass is 16.3.